The molecule has 0 spiro atoms. The van der Waals surface area contributed by atoms with Crippen molar-refractivity contribution in [1.82, 2.24) is 9.55 Å². The predicted octanol–water partition coefficient (Wildman–Crippen LogP) is 11.5. The lowest BCUT2D eigenvalue weighted by molar-refractivity contribution is -0.547. The Morgan fingerprint density at radius 1 is 0.653 bits per heavy atom. The van der Waals surface area contributed by atoms with Crippen LogP contribution >= 0.6 is 0 Å². The van der Waals surface area contributed by atoms with Gasteiger partial charge in [-0.1, -0.05) is 107 Å². The molecule has 2 aromatic heterocycles. The zero-order valence-corrected chi connectivity index (χ0v) is 29.1. The lowest BCUT2D eigenvalue weighted by Crippen LogP contribution is -2.23. The van der Waals surface area contributed by atoms with Crippen LogP contribution in [-0.2, 0) is 10.8 Å². The summed E-state index contributed by atoms with van der Waals surface area (Å²) in [5.41, 5.74) is 7.23. The molecule has 0 fully saturated rings. The molecule has 0 saturated heterocycles. The molecule has 244 valence electrons. The number of aromatic nitrogens is 2. The fraction of sp³-hybridized carbons (Fsp3) is 0.250. The topological polar surface area (TPSA) is 42.4 Å². The molecule has 3 unspecified atom stereocenters. The highest BCUT2D eigenvalue weighted by Gasteiger charge is 2.47. The predicted molar refractivity (Wildman–Crippen MR) is 200 cm³/mol. The molecule has 8 rings (SSSR count). The highest BCUT2D eigenvalue weighted by molar-refractivity contribution is 6.09. The van der Waals surface area contributed by atoms with Crippen molar-refractivity contribution in [3.63, 3.8) is 0 Å². The number of hydrogen-bond acceptors (Lipinski definition) is 3. The summed E-state index contributed by atoms with van der Waals surface area (Å²) in [6.45, 7) is 13.8. The van der Waals surface area contributed by atoms with Gasteiger partial charge in [0.15, 0.2) is 0 Å². The van der Waals surface area contributed by atoms with Crippen LogP contribution in [0.5, 0.6) is 11.5 Å². The molecule has 4 aromatic carbocycles. The molecule has 0 radical (unpaired) electrons. The van der Waals surface area contributed by atoms with Crippen molar-refractivity contribution < 1.29 is 9.43 Å². The summed E-state index contributed by atoms with van der Waals surface area (Å²) in [5, 5.41) is 7.66. The third kappa shape index (κ3) is 5.67. The largest absolute Gasteiger partial charge is 0.457 e. The normalized spacial score (nSPS) is 19.0. The molecular weight excluding hydrogens is 601 g/mol. The zero-order valence-electron chi connectivity index (χ0n) is 29.1. The molecule has 5 heteroatoms. The van der Waals surface area contributed by atoms with Crippen LogP contribution in [-0.4, -0.2) is 20.3 Å². The number of allylic oxidation sites excluding steroid dienone is 2. The highest BCUT2D eigenvalue weighted by Crippen LogP contribution is 2.45. The SMILES string of the molecule is CC(C)(C)c1cc(C2C3C=CC=CC3N=[N+]2c2cccc(Oc3ccc4c5ccccc5n(-c5ccccn5)c4c3)c2)cc(C(C)(C)C)c1. The van der Waals surface area contributed by atoms with E-state index < -0.39 is 0 Å². The van der Waals surface area contributed by atoms with E-state index in [1.807, 2.05) is 30.5 Å². The van der Waals surface area contributed by atoms with Crippen LogP contribution in [0.2, 0.25) is 0 Å². The van der Waals surface area contributed by atoms with Gasteiger partial charge >= 0.3 is 0 Å². The number of hydrogen-bond donors (Lipinski definition) is 0. The number of pyridine rings is 1. The zero-order chi connectivity index (χ0) is 33.9. The number of para-hydroxylation sites is 1. The third-order valence-corrected chi connectivity index (χ3v) is 9.90. The van der Waals surface area contributed by atoms with Gasteiger partial charge in [0, 0.05) is 34.7 Å². The Kier molecular flexibility index (Phi) is 7.40. The molecule has 1 aliphatic carbocycles. The Balaban J connectivity index is 1.19. The fourth-order valence-electron chi connectivity index (χ4n) is 7.25. The second-order valence-electron chi connectivity index (χ2n) is 15.4. The molecule has 3 atom stereocenters. The lowest BCUT2D eigenvalue weighted by Gasteiger charge is -2.27. The van der Waals surface area contributed by atoms with Gasteiger partial charge in [-0.2, -0.15) is 0 Å². The van der Waals surface area contributed by atoms with Gasteiger partial charge in [-0.25, -0.2) is 4.98 Å². The molecule has 6 aromatic rings. The van der Waals surface area contributed by atoms with E-state index in [-0.39, 0.29) is 28.8 Å². The number of nitrogens with zero attached hydrogens (tertiary/aromatic N) is 4. The average molecular weight is 644 g/mol. The molecule has 5 nitrogen and oxygen atoms in total. The van der Waals surface area contributed by atoms with Gasteiger partial charge in [0.1, 0.15) is 23.4 Å². The third-order valence-electron chi connectivity index (χ3n) is 9.90. The molecule has 0 saturated carbocycles. The summed E-state index contributed by atoms with van der Waals surface area (Å²) < 4.78 is 11.1. The van der Waals surface area contributed by atoms with Crippen molar-refractivity contribution in [2.45, 2.75) is 64.5 Å². The molecule has 2 aliphatic rings. The maximum absolute atomic E-state index is 6.63. The van der Waals surface area contributed by atoms with E-state index in [1.54, 1.807) is 0 Å². The monoisotopic (exact) mass is 643 g/mol. The van der Waals surface area contributed by atoms with E-state index >= 15 is 0 Å². The van der Waals surface area contributed by atoms with Gasteiger partial charge < -0.3 is 4.74 Å². The van der Waals surface area contributed by atoms with Crippen molar-refractivity contribution >= 4 is 27.5 Å². The van der Waals surface area contributed by atoms with Crippen molar-refractivity contribution in [3.05, 3.63) is 150 Å². The average Bonchev–Trinajstić information content (AvgIpc) is 3.64. The van der Waals surface area contributed by atoms with Crippen LogP contribution in [0.1, 0.15) is 64.3 Å². The Hall–Kier alpha value is -5.29. The van der Waals surface area contributed by atoms with Gasteiger partial charge in [0.25, 0.3) is 0 Å². The summed E-state index contributed by atoms with van der Waals surface area (Å²) in [5.74, 6) is 2.65. The van der Waals surface area contributed by atoms with Gasteiger partial charge in [0.05, 0.1) is 23.0 Å². The standard InChI is InChI=1S/C44H43N4O/c1-43(2,3)30-24-29(25-31(26-30)44(4,5)6)42-37-17-7-9-18-38(37)46-48(42)32-14-13-15-33(27-32)49-34-21-22-36-35-16-8-10-19-39(35)47(40(36)28-34)41-20-11-12-23-45-41/h7-28,37-38,42H,1-6H3/q+1. The first-order valence-electron chi connectivity index (χ1n) is 17.3. The van der Waals surface area contributed by atoms with Gasteiger partial charge in [-0.15, -0.1) is 0 Å². The van der Waals surface area contributed by atoms with E-state index in [4.69, 9.17) is 9.85 Å². The Morgan fingerprint density at radius 3 is 2.12 bits per heavy atom. The van der Waals surface area contributed by atoms with Crippen molar-refractivity contribution in [1.29, 1.82) is 0 Å². The Labute approximate surface area is 288 Å². The molecular formula is C44H43N4O+. The summed E-state index contributed by atoms with van der Waals surface area (Å²) in [4.78, 5) is 4.69. The fourth-order valence-corrected chi connectivity index (χ4v) is 7.25. The Morgan fingerprint density at radius 2 is 1.37 bits per heavy atom. The van der Waals surface area contributed by atoms with Gasteiger partial charge in [-0.05, 0) is 75.6 Å². The first kappa shape index (κ1) is 31.0. The summed E-state index contributed by atoms with van der Waals surface area (Å²) in [6.07, 6.45) is 10.7. The first-order valence-corrected chi connectivity index (χ1v) is 17.3. The van der Waals surface area contributed by atoms with Crippen molar-refractivity contribution in [3.8, 4) is 17.3 Å². The van der Waals surface area contributed by atoms with E-state index in [2.05, 4.69) is 159 Å². The van der Waals surface area contributed by atoms with Crippen molar-refractivity contribution in [2.75, 3.05) is 0 Å². The van der Waals surface area contributed by atoms with E-state index in [0.29, 0.717) is 0 Å². The molecule has 0 bridgehead atoms. The van der Waals surface area contributed by atoms with Crippen molar-refractivity contribution in [2.24, 2.45) is 11.0 Å². The summed E-state index contributed by atoms with van der Waals surface area (Å²) >= 11 is 0. The quantitative estimate of drug-likeness (QED) is 0.175. The number of rotatable bonds is 5. The van der Waals surface area contributed by atoms with E-state index in [1.165, 1.54) is 22.1 Å². The molecule has 49 heavy (non-hydrogen) atoms. The molecule has 1 aliphatic heterocycles. The molecule has 0 N–H and O–H groups in total. The number of fused-ring (bicyclic) bond motifs is 4. The highest BCUT2D eigenvalue weighted by atomic mass is 16.5. The minimum Gasteiger partial charge on any atom is -0.457 e. The lowest BCUT2D eigenvalue weighted by atomic mass is 9.77. The smallest absolute Gasteiger partial charge is 0.236 e. The second kappa shape index (κ2) is 11.7. The number of ether oxygens (including phenoxy) is 1. The van der Waals surface area contributed by atoms with Crippen LogP contribution in [0.4, 0.5) is 5.69 Å². The molecule has 0 amide bonds. The van der Waals surface area contributed by atoms with Crippen LogP contribution in [0.15, 0.2) is 139 Å². The van der Waals surface area contributed by atoms with E-state index in [9.17, 15) is 0 Å². The van der Waals surface area contributed by atoms with Gasteiger partial charge in [0.2, 0.25) is 11.7 Å². The summed E-state index contributed by atoms with van der Waals surface area (Å²) in [6, 6.07) is 36.5. The molecule has 3 heterocycles. The first-order chi connectivity index (χ1) is 23.5. The maximum Gasteiger partial charge on any atom is 0.236 e. The summed E-state index contributed by atoms with van der Waals surface area (Å²) in [7, 11) is 0. The van der Waals surface area contributed by atoms with Gasteiger partial charge in [-0.3, -0.25) is 4.57 Å². The van der Waals surface area contributed by atoms with Crippen LogP contribution < -0.4 is 4.74 Å². The second-order valence-corrected chi connectivity index (χ2v) is 15.4. The van der Waals surface area contributed by atoms with Crippen LogP contribution in [0.3, 0.4) is 0 Å². The minimum absolute atomic E-state index is 0.0232. The van der Waals surface area contributed by atoms with Crippen LogP contribution in [0.25, 0.3) is 27.6 Å². The number of benzene rings is 4. The maximum atomic E-state index is 6.63. The Bertz CT molecular complexity index is 2260. The van der Waals surface area contributed by atoms with E-state index in [0.717, 1.165) is 39.4 Å². The number of azo groups is 2. The van der Waals surface area contributed by atoms with Crippen LogP contribution in [0, 0.1) is 5.92 Å². The minimum atomic E-state index is 0.0232.